The van der Waals surface area contributed by atoms with Crippen molar-refractivity contribution in [3.63, 3.8) is 0 Å². The van der Waals surface area contributed by atoms with Gasteiger partial charge in [0.05, 0.1) is 17.2 Å². The summed E-state index contributed by atoms with van der Waals surface area (Å²) in [7, 11) is 0. The van der Waals surface area contributed by atoms with Crippen LogP contribution < -0.4 is 4.74 Å². The van der Waals surface area contributed by atoms with E-state index in [2.05, 4.69) is 52.0 Å². The summed E-state index contributed by atoms with van der Waals surface area (Å²) < 4.78 is 29.2. The summed E-state index contributed by atoms with van der Waals surface area (Å²) in [6.07, 6.45) is 4.26. The van der Waals surface area contributed by atoms with Crippen molar-refractivity contribution in [2.75, 3.05) is 0 Å². The van der Waals surface area contributed by atoms with Gasteiger partial charge in [0, 0.05) is 5.56 Å². The minimum atomic E-state index is -2.91. The lowest BCUT2D eigenvalue weighted by molar-refractivity contribution is -0.0528. The number of allylic oxidation sites excluding steroid dienone is 1. The molecule has 5 heteroatoms. The van der Waals surface area contributed by atoms with Crippen molar-refractivity contribution in [1.29, 1.82) is 0 Å². The van der Waals surface area contributed by atoms with E-state index in [0.29, 0.717) is 11.0 Å². The maximum atomic E-state index is 12.4. The predicted octanol–water partition coefficient (Wildman–Crippen LogP) is 4.94. The number of rotatable bonds is 3. The van der Waals surface area contributed by atoms with Crippen molar-refractivity contribution in [3.05, 3.63) is 64.3 Å². The Kier molecular flexibility index (Phi) is 3.71. The summed E-state index contributed by atoms with van der Waals surface area (Å²) >= 11 is 0. The van der Waals surface area contributed by atoms with E-state index in [4.69, 9.17) is 0 Å². The van der Waals surface area contributed by atoms with E-state index in [1.54, 1.807) is 0 Å². The van der Waals surface area contributed by atoms with Crippen LogP contribution in [0.3, 0.4) is 0 Å². The Morgan fingerprint density at radius 3 is 2.76 bits per heavy atom. The Labute approximate surface area is 144 Å². The summed E-state index contributed by atoms with van der Waals surface area (Å²) in [5, 5.41) is 0. The largest absolute Gasteiger partial charge is 0.415 e. The molecular formula is C20H16F2N2O. The van der Waals surface area contributed by atoms with Crippen molar-refractivity contribution in [2.45, 2.75) is 26.9 Å². The average molecular weight is 338 g/mol. The summed E-state index contributed by atoms with van der Waals surface area (Å²) in [6, 6.07) is 10.2. The van der Waals surface area contributed by atoms with Crippen LogP contribution in [-0.2, 0) is 6.42 Å². The van der Waals surface area contributed by atoms with Crippen LogP contribution in [0.25, 0.3) is 22.7 Å². The zero-order chi connectivity index (χ0) is 17.6. The van der Waals surface area contributed by atoms with E-state index in [1.807, 2.05) is 13.0 Å². The molecule has 0 spiro atoms. The molecule has 0 N–H and O–H groups in total. The summed E-state index contributed by atoms with van der Waals surface area (Å²) in [4.78, 5) is 8.53. The molecule has 126 valence electrons. The van der Waals surface area contributed by atoms with Crippen molar-refractivity contribution < 1.29 is 13.5 Å². The van der Waals surface area contributed by atoms with Crippen molar-refractivity contribution in [2.24, 2.45) is 0 Å². The van der Waals surface area contributed by atoms with Gasteiger partial charge in [0.2, 0.25) is 5.88 Å². The molecule has 0 radical (unpaired) electrons. The van der Waals surface area contributed by atoms with E-state index in [9.17, 15) is 8.78 Å². The fourth-order valence-corrected chi connectivity index (χ4v) is 3.35. The normalized spacial score (nSPS) is 13.2. The van der Waals surface area contributed by atoms with E-state index >= 15 is 0 Å². The predicted molar refractivity (Wildman–Crippen MR) is 93.7 cm³/mol. The zero-order valence-corrected chi connectivity index (χ0v) is 13.9. The fourth-order valence-electron chi connectivity index (χ4n) is 3.35. The Morgan fingerprint density at radius 2 is 2.00 bits per heavy atom. The summed E-state index contributed by atoms with van der Waals surface area (Å²) in [6.45, 7) is 1.14. The van der Waals surface area contributed by atoms with Gasteiger partial charge in [-0.3, -0.25) is 0 Å². The molecule has 3 nitrogen and oxygen atoms in total. The highest BCUT2D eigenvalue weighted by Crippen LogP contribution is 2.36. The molecule has 3 aromatic rings. The first-order valence-electron chi connectivity index (χ1n) is 8.03. The van der Waals surface area contributed by atoms with E-state index in [-0.39, 0.29) is 5.88 Å². The number of fused-ring (bicyclic) bond motifs is 2. The fraction of sp³-hybridized carbons (Fsp3) is 0.200. The molecule has 0 amide bonds. The van der Waals surface area contributed by atoms with Crippen molar-refractivity contribution in [1.82, 2.24) is 9.97 Å². The molecule has 0 aliphatic heterocycles. The average Bonchev–Trinajstić information content (AvgIpc) is 2.98. The number of alkyl halides is 2. The van der Waals surface area contributed by atoms with Gasteiger partial charge in [0.25, 0.3) is 0 Å². The van der Waals surface area contributed by atoms with E-state index in [1.165, 1.54) is 22.9 Å². The lowest BCUT2D eigenvalue weighted by Crippen LogP contribution is -2.04. The number of hydrogen-bond donors (Lipinski definition) is 0. The molecule has 0 fully saturated rings. The maximum Gasteiger partial charge on any atom is 0.388 e. The van der Waals surface area contributed by atoms with E-state index in [0.717, 1.165) is 23.1 Å². The number of nitrogens with zero attached hydrogens (tertiary/aromatic N) is 2. The highest BCUT2D eigenvalue weighted by Gasteiger charge is 2.19. The van der Waals surface area contributed by atoms with Crippen LogP contribution in [0.5, 0.6) is 5.88 Å². The zero-order valence-electron chi connectivity index (χ0n) is 13.9. The monoisotopic (exact) mass is 338 g/mol. The number of ether oxygens (including phenoxy) is 1. The topological polar surface area (TPSA) is 35.0 Å². The van der Waals surface area contributed by atoms with Crippen LogP contribution in [0.1, 0.15) is 27.8 Å². The van der Waals surface area contributed by atoms with Crippen LogP contribution in [0, 0.1) is 13.8 Å². The molecule has 1 heterocycles. The Balaban J connectivity index is 1.83. The van der Waals surface area contributed by atoms with Crippen LogP contribution in [0.4, 0.5) is 8.78 Å². The molecule has 4 rings (SSSR count). The number of aromatic nitrogens is 2. The van der Waals surface area contributed by atoms with Gasteiger partial charge in [-0.1, -0.05) is 24.3 Å². The molecular weight excluding hydrogens is 322 g/mol. The smallest absolute Gasteiger partial charge is 0.388 e. The summed E-state index contributed by atoms with van der Waals surface area (Å²) in [5.41, 5.74) is 8.18. The number of benzene rings is 2. The Hall–Kier alpha value is -2.82. The first kappa shape index (κ1) is 15.7. The third-order valence-corrected chi connectivity index (χ3v) is 4.44. The van der Waals surface area contributed by atoms with Gasteiger partial charge in [0.1, 0.15) is 0 Å². The maximum absolute atomic E-state index is 12.4. The van der Waals surface area contributed by atoms with Gasteiger partial charge in [-0.25, -0.2) is 9.97 Å². The SMILES string of the molecule is Cc1cc(C2=Cc3c(C)cccc3C2)c2ncc(OC(F)F)nc2c1. The van der Waals surface area contributed by atoms with Crippen molar-refractivity contribution >= 4 is 22.7 Å². The Morgan fingerprint density at radius 1 is 1.16 bits per heavy atom. The molecule has 2 aromatic carbocycles. The van der Waals surface area contributed by atoms with Crippen molar-refractivity contribution in [3.8, 4) is 5.88 Å². The van der Waals surface area contributed by atoms with Gasteiger partial charge < -0.3 is 4.74 Å². The standard InChI is InChI=1S/C20H16F2N2O/c1-11-6-16(14-8-13-5-3-4-12(2)15(13)9-14)19-17(7-11)24-18(10-23-19)25-20(21)22/h3-7,9-10,20H,8H2,1-2H3. The number of halogens is 2. The first-order chi connectivity index (χ1) is 12.0. The van der Waals surface area contributed by atoms with Gasteiger partial charge >= 0.3 is 6.61 Å². The molecule has 1 aliphatic carbocycles. The quantitative estimate of drug-likeness (QED) is 0.678. The van der Waals surface area contributed by atoms with Gasteiger partial charge in [-0.2, -0.15) is 8.78 Å². The molecule has 0 bridgehead atoms. The highest BCUT2D eigenvalue weighted by atomic mass is 19.3. The molecule has 1 aliphatic rings. The van der Waals surface area contributed by atoms with Gasteiger partial charge in [0.15, 0.2) is 0 Å². The third kappa shape index (κ3) is 2.86. The minimum Gasteiger partial charge on any atom is -0.415 e. The third-order valence-electron chi connectivity index (χ3n) is 4.44. The number of hydrogen-bond acceptors (Lipinski definition) is 3. The van der Waals surface area contributed by atoms with E-state index < -0.39 is 6.61 Å². The molecule has 0 saturated heterocycles. The lowest BCUT2D eigenvalue weighted by atomic mass is 9.99. The second kappa shape index (κ2) is 5.92. The molecule has 25 heavy (non-hydrogen) atoms. The van der Waals surface area contributed by atoms with Crippen LogP contribution in [-0.4, -0.2) is 16.6 Å². The Bertz CT molecular complexity index is 1010. The lowest BCUT2D eigenvalue weighted by Gasteiger charge is -2.10. The van der Waals surface area contributed by atoms with Crippen LogP contribution >= 0.6 is 0 Å². The first-order valence-corrected chi connectivity index (χ1v) is 8.03. The van der Waals surface area contributed by atoms with Gasteiger partial charge in [-0.05, 0) is 60.2 Å². The van der Waals surface area contributed by atoms with Gasteiger partial charge in [-0.15, -0.1) is 0 Å². The molecule has 0 saturated carbocycles. The molecule has 0 unspecified atom stereocenters. The minimum absolute atomic E-state index is 0.168. The second-order valence-electron chi connectivity index (χ2n) is 6.26. The second-order valence-corrected chi connectivity index (χ2v) is 6.26. The van der Waals surface area contributed by atoms with Crippen LogP contribution in [0.15, 0.2) is 36.5 Å². The highest BCUT2D eigenvalue weighted by molar-refractivity contribution is 5.98. The molecule has 1 aromatic heterocycles. The summed E-state index contributed by atoms with van der Waals surface area (Å²) in [5.74, 6) is -0.168. The van der Waals surface area contributed by atoms with Crippen LogP contribution in [0.2, 0.25) is 0 Å². The number of aryl methyl sites for hydroxylation is 2. The molecule has 0 atom stereocenters.